The van der Waals surface area contributed by atoms with Crippen molar-refractivity contribution in [3.8, 4) is 0 Å². The van der Waals surface area contributed by atoms with E-state index in [1.807, 2.05) is 12.4 Å². The first kappa shape index (κ1) is 11.2. The van der Waals surface area contributed by atoms with Gasteiger partial charge in [0.25, 0.3) is 0 Å². The third-order valence-electron chi connectivity index (χ3n) is 2.59. The minimum atomic E-state index is 0.436. The van der Waals surface area contributed by atoms with E-state index in [0.29, 0.717) is 6.04 Å². The van der Waals surface area contributed by atoms with Gasteiger partial charge in [0.05, 0.1) is 0 Å². The molecule has 0 radical (unpaired) electrons. The van der Waals surface area contributed by atoms with Crippen molar-refractivity contribution in [2.45, 2.75) is 26.3 Å². The lowest BCUT2D eigenvalue weighted by molar-refractivity contribution is 0.550. The second-order valence-electron chi connectivity index (χ2n) is 3.87. The number of aromatic nitrogens is 2. The first-order valence-corrected chi connectivity index (χ1v) is 6.53. The maximum absolute atomic E-state index is 4.31. The summed E-state index contributed by atoms with van der Waals surface area (Å²) in [7, 11) is 0. The maximum Gasteiger partial charge on any atom is 0.203 e. The lowest BCUT2D eigenvalue weighted by atomic mass is 10.1. The van der Waals surface area contributed by atoms with Gasteiger partial charge in [-0.25, -0.2) is 4.98 Å². The normalized spacial score (nSPS) is 12.6. The molecule has 0 saturated carbocycles. The molecule has 2 heterocycles. The molecule has 0 aliphatic rings. The van der Waals surface area contributed by atoms with Crippen LogP contribution in [-0.2, 0) is 6.42 Å². The molecule has 2 aromatic heterocycles. The molecule has 4 heteroatoms. The van der Waals surface area contributed by atoms with Gasteiger partial charge in [0.1, 0.15) is 0 Å². The van der Waals surface area contributed by atoms with E-state index in [9.17, 15) is 0 Å². The standard InChI is InChI=1S/C12H17N3S/c1-3-13-12-14-5-6-15(12)10(2)8-11-4-7-16-9-11/h4-7,9-10H,3,8H2,1-2H3,(H,13,14). The highest BCUT2D eigenvalue weighted by Gasteiger charge is 2.10. The largest absolute Gasteiger partial charge is 0.356 e. The Morgan fingerprint density at radius 1 is 1.56 bits per heavy atom. The molecule has 86 valence electrons. The van der Waals surface area contributed by atoms with E-state index in [-0.39, 0.29) is 0 Å². The molecule has 3 nitrogen and oxygen atoms in total. The highest BCUT2D eigenvalue weighted by atomic mass is 32.1. The number of thiophene rings is 1. The Hall–Kier alpha value is -1.29. The average molecular weight is 235 g/mol. The number of nitrogens with one attached hydrogen (secondary N) is 1. The Kier molecular flexibility index (Phi) is 3.62. The van der Waals surface area contributed by atoms with E-state index in [0.717, 1.165) is 18.9 Å². The summed E-state index contributed by atoms with van der Waals surface area (Å²) >= 11 is 1.75. The van der Waals surface area contributed by atoms with Crippen LogP contribution in [0.1, 0.15) is 25.5 Å². The van der Waals surface area contributed by atoms with Crippen molar-refractivity contribution >= 4 is 17.3 Å². The summed E-state index contributed by atoms with van der Waals surface area (Å²) in [4.78, 5) is 4.31. The first-order valence-electron chi connectivity index (χ1n) is 5.59. The second kappa shape index (κ2) is 5.16. The van der Waals surface area contributed by atoms with Gasteiger partial charge in [0, 0.05) is 25.0 Å². The van der Waals surface area contributed by atoms with Crippen LogP contribution in [0.3, 0.4) is 0 Å². The van der Waals surface area contributed by atoms with Gasteiger partial charge in [-0.15, -0.1) is 0 Å². The van der Waals surface area contributed by atoms with Gasteiger partial charge in [0.15, 0.2) is 0 Å². The third kappa shape index (κ3) is 2.44. The van der Waals surface area contributed by atoms with E-state index < -0.39 is 0 Å². The van der Waals surface area contributed by atoms with Crippen LogP contribution in [0.2, 0.25) is 0 Å². The summed E-state index contributed by atoms with van der Waals surface area (Å²) < 4.78 is 2.20. The average Bonchev–Trinajstić information content (AvgIpc) is 2.89. The number of anilines is 1. The molecule has 0 aromatic carbocycles. The molecular weight excluding hydrogens is 218 g/mol. The second-order valence-corrected chi connectivity index (χ2v) is 4.65. The number of rotatable bonds is 5. The van der Waals surface area contributed by atoms with Crippen molar-refractivity contribution < 1.29 is 0 Å². The predicted octanol–water partition coefficient (Wildman–Crippen LogP) is 3.18. The van der Waals surface area contributed by atoms with Crippen molar-refractivity contribution in [3.05, 3.63) is 34.8 Å². The summed E-state index contributed by atoms with van der Waals surface area (Å²) in [5.74, 6) is 0.963. The van der Waals surface area contributed by atoms with Crippen LogP contribution in [0.15, 0.2) is 29.2 Å². The Morgan fingerprint density at radius 2 is 2.44 bits per heavy atom. The monoisotopic (exact) mass is 235 g/mol. The molecule has 0 bridgehead atoms. The molecule has 0 aliphatic heterocycles. The molecule has 2 rings (SSSR count). The number of imidazole rings is 1. The van der Waals surface area contributed by atoms with Gasteiger partial charge in [-0.3, -0.25) is 0 Å². The Morgan fingerprint density at radius 3 is 3.12 bits per heavy atom. The highest BCUT2D eigenvalue weighted by Crippen LogP contribution is 2.19. The van der Waals surface area contributed by atoms with Gasteiger partial charge in [-0.05, 0) is 42.7 Å². The third-order valence-corrected chi connectivity index (χ3v) is 3.32. The number of nitrogens with zero attached hydrogens (tertiary/aromatic N) is 2. The summed E-state index contributed by atoms with van der Waals surface area (Å²) in [6, 6.07) is 2.62. The quantitative estimate of drug-likeness (QED) is 0.862. The Bertz CT molecular complexity index is 419. The van der Waals surface area contributed by atoms with Crippen molar-refractivity contribution in [1.29, 1.82) is 0 Å². The minimum Gasteiger partial charge on any atom is -0.356 e. The Labute approximate surface area is 100 Å². The molecule has 0 aliphatic carbocycles. The lowest BCUT2D eigenvalue weighted by Crippen LogP contribution is -2.12. The van der Waals surface area contributed by atoms with Gasteiger partial charge in [-0.2, -0.15) is 11.3 Å². The lowest BCUT2D eigenvalue weighted by Gasteiger charge is -2.15. The van der Waals surface area contributed by atoms with Crippen LogP contribution in [0.25, 0.3) is 0 Å². The molecule has 2 aromatic rings. The van der Waals surface area contributed by atoms with Crippen LogP contribution in [0, 0.1) is 0 Å². The summed E-state index contributed by atoms with van der Waals surface area (Å²) in [6.07, 6.45) is 4.94. The molecule has 1 N–H and O–H groups in total. The van der Waals surface area contributed by atoms with E-state index in [1.165, 1.54) is 5.56 Å². The van der Waals surface area contributed by atoms with Gasteiger partial charge in [-0.1, -0.05) is 0 Å². The van der Waals surface area contributed by atoms with Gasteiger partial charge < -0.3 is 9.88 Å². The summed E-state index contributed by atoms with van der Waals surface area (Å²) in [5.41, 5.74) is 1.40. The zero-order valence-corrected chi connectivity index (χ0v) is 10.5. The van der Waals surface area contributed by atoms with Gasteiger partial charge in [0.2, 0.25) is 5.95 Å². The van der Waals surface area contributed by atoms with Crippen molar-refractivity contribution in [2.24, 2.45) is 0 Å². The zero-order valence-electron chi connectivity index (χ0n) is 9.68. The van der Waals surface area contributed by atoms with Crippen molar-refractivity contribution in [3.63, 3.8) is 0 Å². The van der Waals surface area contributed by atoms with Crippen LogP contribution >= 0.6 is 11.3 Å². The smallest absolute Gasteiger partial charge is 0.203 e. The fourth-order valence-corrected chi connectivity index (χ4v) is 2.49. The topological polar surface area (TPSA) is 29.9 Å². The van der Waals surface area contributed by atoms with Gasteiger partial charge >= 0.3 is 0 Å². The number of hydrogen-bond donors (Lipinski definition) is 1. The molecular formula is C12H17N3S. The van der Waals surface area contributed by atoms with E-state index in [2.05, 4.69) is 45.5 Å². The zero-order chi connectivity index (χ0) is 11.4. The van der Waals surface area contributed by atoms with E-state index >= 15 is 0 Å². The minimum absolute atomic E-state index is 0.436. The van der Waals surface area contributed by atoms with Crippen molar-refractivity contribution in [2.75, 3.05) is 11.9 Å². The van der Waals surface area contributed by atoms with Crippen LogP contribution in [0.5, 0.6) is 0 Å². The van der Waals surface area contributed by atoms with Crippen LogP contribution in [-0.4, -0.2) is 16.1 Å². The summed E-state index contributed by atoms with van der Waals surface area (Å²) in [6.45, 7) is 5.21. The van der Waals surface area contributed by atoms with Crippen LogP contribution in [0.4, 0.5) is 5.95 Å². The van der Waals surface area contributed by atoms with Crippen LogP contribution < -0.4 is 5.32 Å². The molecule has 0 amide bonds. The molecule has 0 fully saturated rings. The molecule has 1 unspecified atom stereocenters. The highest BCUT2D eigenvalue weighted by molar-refractivity contribution is 7.07. The first-order chi connectivity index (χ1) is 7.81. The fourth-order valence-electron chi connectivity index (χ4n) is 1.81. The fraction of sp³-hybridized carbons (Fsp3) is 0.417. The Balaban J connectivity index is 2.08. The molecule has 1 atom stereocenters. The molecule has 16 heavy (non-hydrogen) atoms. The molecule has 0 spiro atoms. The molecule has 0 saturated heterocycles. The number of hydrogen-bond acceptors (Lipinski definition) is 3. The van der Waals surface area contributed by atoms with E-state index in [4.69, 9.17) is 0 Å². The van der Waals surface area contributed by atoms with Crippen molar-refractivity contribution in [1.82, 2.24) is 9.55 Å². The van der Waals surface area contributed by atoms with E-state index in [1.54, 1.807) is 11.3 Å². The predicted molar refractivity (Wildman–Crippen MR) is 69.1 cm³/mol. The maximum atomic E-state index is 4.31. The SMILES string of the molecule is CCNc1nccn1C(C)Cc1ccsc1. The summed E-state index contributed by atoms with van der Waals surface area (Å²) in [5, 5.41) is 7.61.